The van der Waals surface area contributed by atoms with Gasteiger partial charge in [0, 0.05) is 6.04 Å². The van der Waals surface area contributed by atoms with Crippen LogP contribution in [0.4, 0.5) is 4.39 Å². The van der Waals surface area contributed by atoms with E-state index in [1.54, 1.807) is 12.1 Å². The zero-order valence-corrected chi connectivity index (χ0v) is 16.9. The second-order valence-electron chi connectivity index (χ2n) is 7.23. The van der Waals surface area contributed by atoms with Crippen molar-refractivity contribution in [3.63, 3.8) is 0 Å². The number of halogens is 1. The van der Waals surface area contributed by atoms with Gasteiger partial charge < -0.3 is 9.88 Å². The van der Waals surface area contributed by atoms with Crippen LogP contribution in [0.5, 0.6) is 0 Å². The lowest BCUT2D eigenvalue weighted by molar-refractivity contribution is -0.120. The van der Waals surface area contributed by atoms with Crippen molar-refractivity contribution in [3.05, 3.63) is 41.5 Å². The maximum absolute atomic E-state index is 13.1. The number of hydrogen-bond donors (Lipinski definition) is 1. The smallest absolute Gasteiger partial charge is 0.233 e. The molecule has 27 heavy (non-hydrogen) atoms. The summed E-state index contributed by atoms with van der Waals surface area (Å²) in [4.78, 5) is 12.6. The van der Waals surface area contributed by atoms with Gasteiger partial charge in [-0.25, -0.2) is 4.39 Å². The lowest BCUT2D eigenvalue weighted by Gasteiger charge is -2.25. The summed E-state index contributed by atoms with van der Waals surface area (Å²) >= 11 is 1.45. The molecule has 0 unspecified atom stereocenters. The molecule has 2 aromatic rings. The Morgan fingerprint density at radius 3 is 2.52 bits per heavy atom. The predicted octanol–water partition coefficient (Wildman–Crippen LogP) is 4.59. The zero-order chi connectivity index (χ0) is 19.4. The molecule has 1 aromatic carbocycles. The van der Waals surface area contributed by atoms with Gasteiger partial charge in [-0.05, 0) is 51.3 Å². The molecule has 0 aliphatic heterocycles. The summed E-state index contributed by atoms with van der Waals surface area (Å²) in [5.74, 6) is 0.572. The van der Waals surface area contributed by atoms with Gasteiger partial charge in [-0.3, -0.25) is 4.79 Å². The number of rotatable bonds is 6. The number of hydrogen-bond acceptors (Lipinski definition) is 4. The number of nitrogens with one attached hydrogen (secondary N) is 1. The van der Waals surface area contributed by atoms with Crippen molar-refractivity contribution in [2.45, 2.75) is 75.4 Å². The number of aryl methyl sites for hydroxylation is 1. The van der Waals surface area contributed by atoms with Crippen molar-refractivity contribution in [1.82, 2.24) is 20.1 Å². The average molecular weight is 391 g/mol. The van der Waals surface area contributed by atoms with Gasteiger partial charge in [0.25, 0.3) is 0 Å². The van der Waals surface area contributed by atoms with Crippen LogP contribution < -0.4 is 5.32 Å². The van der Waals surface area contributed by atoms with Crippen LogP contribution in [0.1, 0.15) is 69.4 Å². The third-order valence-electron chi connectivity index (χ3n) is 5.16. The lowest BCUT2D eigenvalue weighted by Crippen LogP contribution is -2.33. The molecule has 1 amide bonds. The van der Waals surface area contributed by atoms with Crippen molar-refractivity contribution >= 4 is 17.7 Å². The molecule has 2 atom stereocenters. The Morgan fingerprint density at radius 2 is 1.85 bits per heavy atom. The maximum atomic E-state index is 13.1. The summed E-state index contributed by atoms with van der Waals surface area (Å²) in [6, 6.07) is 6.46. The molecule has 1 heterocycles. The number of amides is 1. The van der Waals surface area contributed by atoms with Crippen LogP contribution in [0.25, 0.3) is 0 Å². The Hall–Kier alpha value is -1.89. The van der Waals surface area contributed by atoms with Crippen molar-refractivity contribution in [1.29, 1.82) is 0 Å². The van der Waals surface area contributed by atoms with Gasteiger partial charge in [0.05, 0.1) is 11.3 Å². The van der Waals surface area contributed by atoms with Gasteiger partial charge in [0.15, 0.2) is 5.16 Å². The first-order chi connectivity index (χ1) is 13.0. The molecule has 5 nitrogen and oxygen atoms in total. The Kier molecular flexibility index (Phi) is 6.52. The first-order valence-electron chi connectivity index (χ1n) is 9.59. The summed E-state index contributed by atoms with van der Waals surface area (Å²) < 4.78 is 15.3. The molecule has 0 saturated heterocycles. The minimum Gasteiger partial charge on any atom is -0.349 e. The van der Waals surface area contributed by atoms with E-state index in [1.807, 2.05) is 20.8 Å². The molecule has 0 bridgehead atoms. The van der Waals surface area contributed by atoms with Gasteiger partial charge in [-0.1, -0.05) is 43.2 Å². The third kappa shape index (κ3) is 4.89. The monoisotopic (exact) mass is 390 g/mol. The second-order valence-corrected chi connectivity index (χ2v) is 8.54. The predicted molar refractivity (Wildman–Crippen MR) is 105 cm³/mol. The van der Waals surface area contributed by atoms with Gasteiger partial charge >= 0.3 is 0 Å². The van der Waals surface area contributed by atoms with Crippen LogP contribution in [0, 0.1) is 12.7 Å². The van der Waals surface area contributed by atoms with Crippen molar-refractivity contribution in [2.75, 3.05) is 0 Å². The first-order valence-corrected chi connectivity index (χ1v) is 10.5. The largest absolute Gasteiger partial charge is 0.349 e. The van der Waals surface area contributed by atoms with Gasteiger partial charge in [0.2, 0.25) is 5.91 Å². The standard InChI is InChI=1S/C20H27FN4OS/c1-13(16-9-11-17(21)12-10-16)22-19(26)14(2)27-20-24-23-15(3)25(20)18-7-5-4-6-8-18/h9-14,18H,4-8H2,1-3H3,(H,22,26)/t13-,14+/m0/s1. The number of nitrogens with zero attached hydrogens (tertiary/aromatic N) is 3. The summed E-state index contributed by atoms with van der Waals surface area (Å²) in [5, 5.41) is 12.1. The molecule has 0 spiro atoms. The molecule has 1 N–H and O–H groups in total. The third-order valence-corrected chi connectivity index (χ3v) is 6.21. The Morgan fingerprint density at radius 1 is 1.19 bits per heavy atom. The van der Waals surface area contributed by atoms with Crippen LogP contribution in [-0.4, -0.2) is 25.9 Å². The number of carbonyl (C=O) groups is 1. The fourth-order valence-electron chi connectivity index (χ4n) is 3.57. The van der Waals surface area contributed by atoms with Crippen molar-refractivity contribution in [2.24, 2.45) is 0 Å². The highest BCUT2D eigenvalue weighted by Crippen LogP contribution is 2.33. The normalized spacial score (nSPS) is 17.5. The lowest BCUT2D eigenvalue weighted by atomic mass is 9.95. The molecule has 0 radical (unpaired) electrons. The Balaban J connectivity index is 1.63. The van der Waals surface area contributed by atoms with Gasteiger partial charge in [-0.15, -0.1) is 10.2 Å². The number of thioether (sulfide) groups is 1. The summed E-state index contributed by atoms with van der Waals surface area (Å²) in [6.07, 6.45) is 6.05. The van der Waals surface area contributed by atoms with E-state index in [9.17, 15) is 9.18 Å². The fourth-order valence-corrected chi connectivity index (χ4v) is 4.54. The highest BCUT2D eigenvalue weighted by molar-refractivity contribution is 8.00. The fraction of sp³-hybridized carbons (Fsp3) is 0.550. The Labute approximate surface area is 164 Å². The molecule has 1 aromatic heterocycles. The average Bonchev–Trinajstić information content (AvgIpc) is 3.03. The maximum Gasteiger partial charge on any atom is 0.233 e. The molecule has 146 valence electrons. The quantitative estimate of drug-likeness (QED) is 0.733. The van der Waals surface area contributed by atoms with E-state index in [1.165, 1.54) is 43.2 Å². The molecule has 3 rings (SSSR count). The molecule has 1 aliphatic carbocycles. The minimum atomic E-state index is -0.293. The number of benzene rings is 1. The molecule has 1 fully saturated rings. The van der Waals surface area contributed by atoms with E-state index in [-0.39, 0.29) is 23.0 Å². The summed E-state index contributed by atoms with van der Waals surface area (Å²) in [5.41, 5.74) is 0.878. The van der Waals surface area contributed by atoms with E-state index in [4.69, 9.17) is 0 Å². The number of carbonyl (C=O) groups excluding carboxylic acids is 1. The van der Waals surface area contributed by atoms with Crippen LogP contribution in [-0.2, 0) is 4.79 Å². The van der Waals surface area contributed by atoms with Crippen LogP contribution in [0.3, 0.4) is 0 Å². The van der Waals surface area contributed by atoms with Gasteiger partial charge in [-0.2, -0.15) is 0 Å². The van der Waals surface area contributed by atoms with E-state index < -0.39 is 0 Å². The van der Waals surface area contributed by atoms with E-state index in [2.05, 4.69) is 20.1 Å². The molecular formula is C20H27FN4OS. The highest BCUT2D eigenvalue weighted by atomic mass is 32.2. The Bertz CT molecular complexity index is 771. The molecule has 7 heteroatoms. The van der Waals surface area contributed by atoms with Gasteiger partial charge in [0.1, 0.15) is 11.6 Å². The molecule has 1 aliphatic rings. The summed E-state index contributed by atoms with van der Waals surface area (Å²) in [7, 11) is 0. The topological polar surface area (TPSA) is 59.8 Å². The minimum absolute atomic E-state index is 0.0623. The molecule has 1 saturated carbocycles. The summed E-state index contributed by atoms with van der Waals surface area (Å²) in [6.45, 7) is 5.76. The molecular weight excluding hydrogens is 363 g/mol. The van der Waals surface area contributed by atoms with Crippen LogP contribution in [0.2, 0.25) is 0 Å². The van der Waals surface area contributed by atoms with Crippen LogP contribution in [0.15, 0.2) is 29.4 Å². The second kappa shape index (κ2) is 8.87. The van der Waals surface area contributed by atoms with Crippen molar-refractivity contribution < 1.29 is 9.18 Å². The first kappa shape index (κ1) is 19.9. The highest BCUT2D eigenvalue weighted by Gasteiger charge is 2.25. The zero-order valence-electron chi connectivity index (χ0n) is 16.1. The van der Waals surface area contributed by atoms with Crippen molar-refractivity contribution in [3.8, 4) is 0 Å². The van der Waals surface area contributed by atoms with E-state index in [0.717, 1.165) is 29.4 Å². The van der Waals surface area contributed by atoms with E-state index in [0.29, 0.717) is 6.04 Å². The SMILES string of the molecule is Cc1nnc(S[C@H](C)C(=O)N[C@@H](C)c2ccc(F)cc2)n1C1CCCCC1. The number of aromatic nitrogens is 3. The van der Waals surface area contributed by atoms with Crippen LogP contribution >= 0.6 is 11.8 Å². The van der Waals surface area contributed by atoms with E-state index >= 15 is 0 Å².